The number of benzene rings is 2. The molecule has 1 saturated carbocycles. The minimum Gasteiger partial charge on any atom is -0.497 e. The summed E-state index contributed by atoms with van der Waals surface area (Å²) in [6, 6.07) is 10.8. The number of halogens is 2. The summed E-state index contributed by atoms with van der Waals surface area (Å²) in [5.41, 5.74) is -0.227. The van der Waals surface area contributed by atoms with Gasteiger partial charge < -0.3 is 15.4 Å². The van der Waals surface area contributed by atoms with Crippen molar-refractivity contribution in [1.82, 2.24) is 0 Å². The van der Waals surface area contributed by atoms with Crippen LogP contribution in [0.25, 0.3) is 0 Å². The average molecular weight is 363 g/mol. The summed E-state index contributed by atoms with van der Waals surface area (Å²) in [7, 11) is 1.53. The number of nitrogens with one attached hydrogen (secondary N) is 2. The van der Waals surface area contributed by atoms with Gasteiger partial charge in [-0.2, -0.15) is 0 Å². The van der Waals surface area contributed by atoms with E-state index in [4.69, 9.17) is 16.3 Å². The van der Waals surface area contributed by atoms with Gasteiger partial charge in [-0.25, -0.2) is 4.39 Å². The van der Waals surface area contributed by atoms with Crippen molar-refractivity contribution in [2.75, 3.05) is 17.7 Å². The highest BCUT2D eigenvalue weighted by molar-refractivity contribution is 6.31. The van der Waals surface area contributed by atoms with Crippen molar-refractivity contribution in [1.29, 1.82) is 0 Å². The molecule has 0 aromatic heterocycles. The second-order valence-corrected chi connectivity index (χ2v) is 6.26. The lowest BCUT2D eigenvalue weighted by Crippen LogP contribution is -2.35. The molecule has 5 nitrogen and oxygen atoms in total. The van der Waals surface area contributed by atoms with Crippen molar-refractivity contribution in [2.24, 2.45) is 5.41 Å². The second kappa shape index (κ2) is 6.72. The fraction of sp³-hybridized carbons (Fsp3) is 0.222. The molecule has 0 aliphatic heterocycles. The van der Waals surface area contributed by atoms with Gasteiger partial charge in [0.05, 0.1) is 12.1 Å². The fourth-order valence-corrected chi connectivity index (χ4v) is 2.64. The largest absolute Gasteiger partial charge is 0.497 e. The fourth-order valence-electron chi connectivity index (χ4n) is 2.46. The Bertz CT molecular complexity index is 837. The van der Waals surface area contributed by atoms with Crippen LogP contribution in [0.15, 0.2) is 42.5 Å². The molecule has 1 fully saturated rings. The number of amides is 2. The van der Waals surface area contributed by atoms with Gasteiger partial charge in [-0.1, -0.05) is 17.7 Å². The van der Waals surface area contributed by atoms with Crippen molar-refractivity contribution in [3.63, 3.8) is 0 Å². The van der Waals surface area contributed by atoms with E-state index in [1.165, 1.54) is 19.2 Å². The topological polar surface area (TPSA) is 67.4 Å². The Morgan fingerprint density at radius 3 is 2.28 bits per heavy atom. The molecule has 2 N–H and O–H groups in total. The minimum absolute atomic E-state index is 0.0940. The van der Waals surface area contributed by atoms with Gasteiger partial charge in [-0.05, 0) is 43.2 Å². The van der Waals surface area contributed by atoms with Gasteiger partial charge in [-0.15, -0.1) is 0 Å². The molecule has 3 rings (SSSR count). The molecule has 2 aromatic carbocycles. The summed E-state index contributed by atoms with van der Waals surface area (Å²) >= 11 is 5.71. The molecule has 2 amide bonds. The van der Waals surface area contributed by atoms with Gasteiger partial charge in [0.15, 0.2) is 0 Å². The van der Waals surface area contributed by atoms with Gasteiger partial charge >= 0.3 is 0 Å². The predicted molar refractivity (Wildman–Crippen MR) is 93.3 cm³/mol. The maximum Gasteiger partial charge on any atom is 0.240 e. The van der Waals surface area contributed by atoms with Gasteiger partial charge in [0, 0.05) is 17.4 Å². The van der Waals surface area contributed by atoms with Crippen molar-refractivity contribution in [3.05, 3.63) is 53.3 Å². The minimum atomic E-state index is -1.12. The van der Waals surface area contributed by atoms with E-state index in [0.29, 0.717) is 30.0 Å². The third-order valence-electron chi connectivity index (χ3n) is 4.12. The van der Waals surface area contributed by atoms with Crippen molar-refractivity contribution < 1.29 is 18.7 Å². The summed E-state index contributed by atoms with van der Waals surface area (Å²) < 4.78 is 18.3. The van der Waals surface area contributed by atoms with Crippen LogP contribution >= 0.6 is 11.6 Å². The second-order valence-electron chi connectivity index (χ2n) is 5.85. The van der Waals surface area contributed by atoms with E-state index in [1.807, 2.05) is 0 Å². The van der Waals surface area contributed by atoms with E-state index >= 15 is 0 Å². The first-order valence-corrected chi connectivity index (χ1v) is 8.04. The summed E-state index contributed by atoms with van der Waals surface area (Å²) in [5.74, 6) is -0.786. The van der Waals surface area contributed by atoms with E-state index in [2.05, 4.69) is 10.6 Å². The zero-order chi connectivity index (χ0) is 18.0. The summed E-state index contributed by atoms with van der Waals surface area (Å²) in [6.07, 6.45) is 0.896. The molecule has 25 heavy (non-hydrogen) atoms. The maximum absolute atomic E-state index is 13.2. The number of methoxy groups -OCH3 is 1. The molecule has 2 aromatic rings. The first-order chi connectivity index (χ1) is 11.9. The normalized spacial score (nSPS) is 14.5. The summed E-state index contributed by atoms with van der Waals surface area (Å²) in [5, 5.41) is 5.27. The Morgan fingerprint density at radius 1 is 1.08 bits per heavy atom. The van der Waals surface area contributed by atoms with Crippen molar-refractivity contribution >= 4 is 34.8 Å². The zero-order valence-electron chi connectivity index (χ0n) is 13.4. The molecule has 1 aliphatic carbocycles. The smallest absolute Gasteiger partial charge is 0.240 e. The molecular weight excluding hydrogens is 347 g/mol. The number of carbonyl (C=O) groups excluding carboxylic acids is 2. The van der Waals surface area contributed by atoms with Gasteiger partial charge in [0.25, 0.3) is 0 Å². The highest BCUT2D eigenvalue weighted by Crippen LogP contribution is 2.47. The highest BCUT2D eigenvalue weighted by atomic mass is 35.5. The average Bonchev–Trinajstić information content (AvgIpc) is 3.40. The van der Waals surface area contributed by atoms with Gasteiger partial charge in [-0.3, -0.25) is 9.59 Å². The Morgan fingerprint density at radius 2 is 1.72 bits per heavy atom. The number of ether oxygens (including phenoxy) is 1. The van der Waals surface area contributed by atoms with Crippen LogP contribution in [0.3, 0.4) is 0 Å². The summed E-state index contributed by atoms with van der Waals surface area (Å²) in [4.78, 5) is 25.1. The van der Waals surface area contributed by atoms with E-state index in [-0.39, 0.29) is 10.9 Å². The molecule has 0 saturated heterocycles. The molecule has 0 spiro atoms. The standard InChI is InChI=1S/C18H16ClFN2O3/c1-25-13-4-2-3-11(9-13)21-16(23)18(7-8-18)17(24)22-12-5-6-15(20)14(19)10-12/h2-6,9-10H,7-8H2,1H3,(H,21,23)(H,22,24). The molecule has 0 unspecified atom stereocenters. The highest BCUT2D eigenvalue weighted by Gasteiger charge is 2.56. The molecule has 0 atom stereocenters. The van der Waals surface area contributed by atoms with Crippen molar-refractivity contribution in [2.45, 2.75) is 12.8 Å². The van der Waals surface area contributed by atoms with Crippen LogP contribution in [0.2, 0.25) is 5.02 Å². The number of hydrogen-bond donors (Lipinski definition) is 2. The Balaban J connectivity index is 1.71. The Hall–Kier alpha value is -2.60. The molecule has 7 heteroatoms. The van der Waals surface area contributed by atoms with E-state index in [9.17, 15) is 14.0 Å². The van der Waals surface area contributed by atoms with E-state index in [1.54, 1.807) is 24.3 Å². The molecule has 0 heterocycles. The van der Waals surface area contributed by atoms with E-state index in [0.717, 1.165) is 6.07 Å². The molecule has 0 bridgehead atoms. The lowest BCUT2D eigenvalue weighted by molar-refractivity contribution is -0.131. The van der Waals surface area contributed by atoms with Crippen LogP contribution in [-0.4, -0.2) is 18.9 Å². The zero-order valence-corrected chi connectivity index (χ0v) is 14.2. The SMILES string of the molecule is COc1cccc(NC(=O)C2(C(=O)Nc3ccc(F)c(Cl)c3)CC2)c1. The third-order valence-corrected chi connectivity index (χ3v) is 4.41. The van der Waals surface area contributed by atoms with Crippen LogP contribution in [0, 0.1) is 11.2 Å². The summed E-state index contributed by atoms with van der Waals surface area (Å²) in [6.45, 7) is 0. The maximum atomic E-state index is 13.2. The van der Waals surface area contributed by atoms with E-state index < -0.39 is 17.1 Å². The third kappa shape index (κ3) is 3.58. The first kappa shape index (κ1) is 17.2. The number of rotatable bonds is 5. The van der Waals surface area contributed by atoms with Crippen molar-refractivity contribution in [3.8, 4) is 5.75 Å². The van der Waals surface area contributed by atoms with Crippen LogP contribution in [-0.2, 0) is 9.59 Å². The lowest BCUT2D eigenvalue weighted by atomic mass is 10.0. The number of carbonyl (C=O) groups is 2. The lowest BCUT2D eigenvalue weighted by Gasteiger charge is -2.16. The molecule has 1 aliphatic rings. The Kier molecular flexibility index (Phi) is 4.63. The van der Waals surface area contributed by atoms with Crippen LogP contribution < -0.4 is 15.4 Å². The van der Waals surface area contributed by atoms with Crippen LogP contribution in [0.5, 0.6) is 5.75 Å². The quantitative estimate of drug-likeness (QED) is 0.794. The number of hydrogen-bond acceptors (Lipinski definition) is 3. The molecular formula is C18H16ClFN2O3. The predicted octanol–water partition coefficient (Wildman–Crippen LogP) is 3.85. The molecule has 0 radical (unpaired) electrons. The van der Waals surface area contributed by atoms with Gasteiger partial charge in [0.2, 0.25) is 11.8 Å². The van der Waals surface area contributed by atoms with Crippen LogP contribution in [0.1, 0.15) is 12.8 Å². The monoisotopic (exact) mass is 362 g/mol. The van der Waals surface area contributed by atoms with Crippen LogP contribution in [0.4, 0.5) is 15.8 Å². The van der Waals surface area contributed by atoms with Gasteiger partial charge in [0.1, 0.15) is 17.0 Å². The molecule has 130 valence electrons. The first-order valence-electron chi connectivity index (χ1n) is 7.67. The number of anilines is 2. The Labute approximate surface area is 149 Å².